The highest BCUT2D eigenvalue weighted by Crippen LogP contribution is 2.61. The topological polar surface area (TPSA) is 29.4 Å². The lowest BCUT2D eigenvalue weighted by Gasteiger charge is -2.24. The van der Waals surface area contributed by atoms with Crippen molar-refractivity contribution in [3.05, 3.63) is 35.4 Å². The summed E-state index contributed by atoms with van der Waals surface area (Å²) in [7, 11) is 0. The van der Waals surface area contributed by atoms with Crippen molar-refractivity contribution in [1.82, 2.24) is 0 Å². The molecular formula is C13H11NO. The molecule has 0 bridgehead atoms. The van der Waals surface area contributed by atoms with E-state index >= 15 is 0 Å². The van der Waals surface area contributed by atoms with Crippen molar-refractivity contribution in [2.45, 2.75) is 18.3 Å². The molecule has 0 amide bonds. The molecule has 4 rings (SSSR count). The number of nitrogens with zero attached hydrogens (tertiary/aromatic N) is 1. The Morgan fingerprint density at radius 2 is 2.20 bits per heavy atom. The minimum absolute atomic E-state index is 0.199. The van der Waals surface area contributed by atoms with Crippen molar-refractivity contribution < 1.29 is 4.79 Å². The monoisotopic (exact) mass is 197 g/mol. The molecule has 0 saturated heterocycles. The van der Waals surface area contributed by atoms with E-state index in [9.17, 15) is 4.79 Å². The average molecular weight is 197 g/mol. The Bertz CT molecular complexity index is 517. The lowest BCUT2D eigenvalue weighted by atomic mass is 9.77. The highest BCUT2D eigenvalue weighted by atomic mass is 16.1. The number of rotatable bonds is 0. The van der Waals surface area contributed by atoms with Gasteiger partial charge in [0.1, 0.15) is 0 Å². The molecule has 2 heteroatoms. The third kappa shape index (κ3) is 0.738. The van der Waals surface area contributed by atoms with Gasteiger partial charge in [-0.3, -0.25) is 9.79 Å². The maximum atomic E-state index is 11.9. The van der Waals surface area contributed by atoms with Crippen LogP contribution in [0.5, 0.6) is 0 Å². The Morgan fingerprint density at radius 1 is 1.33 bits per heavy atom. The predicted molar refractivity (Wildman–Crippen MR) is 57.5 cm³/mol. The first-order valence-corrected chi connectivity index (χ1v) is 5.49. The molecule has 0 aromatic heterocycles. The van der Waals surface area contributed by atoms with E-state index in [1.54, 1.807) is 0 Å². The molecule has 1 spiro atoms. The molecule has 0 unspecified atom stereocenters. The maximum Gasteiger partial charge on any atom is 0.168 e. The Labute approximate surface area is 88.0 Å². The SMILES string of the molecule is O=C1CC2=NC[C@H]3C[C@@]23c2ccccc21. The predicted octanol–water partition coefficient (Wildman–Crippen LogP) is 1.99. The fourth-order valence-corrected chi connectivity index (χ4v) is 3.33. The smallest absolute Gasteiger partial charge is 0.168 e. The van der Waals surface area contributed by atoms with Crippen LogP contribution in [0.4, 0.5) is 0 Å². The van der Waals surface area contributed by atoms with Crippen LogP contribution >= 0.6 is 0 Å². The normalized spacial score (nSPS) is 35.3. The Kier molecular flexibility index (Phi) is 1.15. The van der Waals surface area contributed by atoms with Crippen LogP contribution in [-0.2, 0) is 5.41 Å². The second-order valence-corrected chi connectivity index (χ2v) is 4.81. The molecule has 74 valence electrons. The van der Waals surface area contributed by atoms with Crippen LogP contribution in [0.15, 0.2) is 29.3 Å². The van der Waals surface area contributed by atoms with Crippen molar-refractivity contribution in [2.75, 3.05) is 6.54 Å². The van der Waals surface area contributed by atoms with Crippen molar-refractivity contribution in [1.29, 1.82) is 0 Å². The zero-order valence-corrected chi connectivity index (χ0v) is 8.36. The molecule has 0 radical (unpaired) electrons. The van der Waals surface area contributed by atoms with Crippen LogP contribution in [0.25, 0.3) is 0 Å². The van der Waals surface area contributed by atoms with Crippen molar-refractivity contribution in [2.24, 2.45) is 10.9 Å². The summed E-state index contributed by atoms with van der Waals surface area (Å²) in [5.41, 5.74) is 3.56. The van der Waals surface area contributed by atoms with E-state index in [1.165, 1.54) is 12.0 Å². The molecule has 1 saturated carbocycles. The first-order valence-electron chi connectivity index (χ1n) is 5.49. The van der Waals surface area contributed by atoms with Crippen LogP contribution in [0.3, 0.4) is 0 Å². The summed E-state index contributed by atoms with van der Waals surface area (Å²) in [4.78, 5) is 16.4. The molecule has 1 aromatic rings. The van der Waals surface area contributed by atoms with Crippen molar-refractivity contribution in [3.63, 3.8) is 0 Å². The van der Waals surface area contributed by atoms with E-state index in [2.05, 4.69) is 11.1 Å². The van der Waals surface area contributed by atoms with Gasteiger partial charge in [0.05, 0.1) is 0 Å². The summed E-state index contributed by atoms with van der Waals surface area (Å²) in [5.74, 6) is 0.948. The van der Waals surface area contributed by atoms with E-state index in [4.69, 9.17) is 0 Å². The van der Waals surface area contributed by atoms with E-state index in [0.29, 0.717) is 12.3 Å². The van der Waals surface area contributed by atoms with Gasteiger partial charge in [-0.25, -0.2) is 0 Å². The van der Waals surface area contributed by atoms with Gasteiger partial charge in [0, 0.05) is 29.7 Å². The number of aliphatic imine (C=N–C) groups is 1. The number of fused-ring (bicyclic) bond motifs is 1. The fourth-order valence-electron chi connectivity index (χ4n) is 3.33. The van der Waals surface area contributed by atoms with Gasteiger partial charge in [-0.15, -0.1) is 0 Å². The summed E-state index contributed by atoms with van der Waals surface area (Å²) in [6.07, 6.45) is 1.78. The molecule has 0 N–H and O–H groups in total. The summed E-state index contributed by atoms with van der Waals surface area (Å²) in [5, 5.41) is 0. The van der Waals surface area contributed by atoms with E-state index in [0.717, 1.165) is 17.8 Å². The number of Topliss-reactive ketones (excluding diaryl/α,β-unsaturated/α-hetero) is 1. The summed E-state index contributed by atoms with van der Waals surface area (Å²) in [6, 6.07) is 8.09. The molecule has 3 aliphatic rings. The van der Waals surface area contributed by atoms with Gasteiger partial charge in [-0.2, -0.15) is 0 Å². The number of hydrogen-bond donors (Lipinski definition) is 0. The van der Waals surface area contributed by atoms with Gasteiger partial charge in [-0.05, 0) is 17.9 Å². The molecule has 2 atom stereocenters. The zero-order chi connectivity index (χ0) is 10.0. The molecule has 1 aromatic carbocycles. The van der Waals surface area contributed by atoms with E-state index in [1.807, 2.05) is 18.2 Å². The van der Waals surface area contributed by atoms with Crippen molar-refractivity contribution >= 4 is 11.5 Å². The number of carbonyl (C=O) groups excluding carboxylic acids is 1. The standard InChI is InChI=1S/C13H11NO/c15-11-5-12-13(6-8(13)7-14-12)10-4-2-1-3-9(10)11/h1-4,8H,5-7H2/t8-,13-/m1/s1. The Hall–Kier alpha value is -1.44. The van der Waals surface area contributed by atoms with Crippen LogP contribution < -0.4 is 0 Å². The maximum absolute atomic E-state index is 11.9. The lowest BCUT2D eigenvalue weighted by molar-refractivity contribution is 0.0995. The van der Waals surface area contributed by atoms with Gasteiger partial charge < -0.3 is 0 Å². The summed E-state index contributed by atoms with van der Waals surface area (Å²) >= 11 is 0. The Balaban J connectivity index is 2.04. The minimum Gasteiger partial charge on any atom is -0.294 e. The largest absolute Gasteiger partial charge is 0.294 e. The quantitative estimate of drug-likeness (QED) is 0.625. The highest BCUT2D eigenvalue weighted by Gasteiger charge is 2.64. The number of carbonyl (C=O) groups is 1. The Morgan fingerprint density at radius 3 is 3.07 bits per heavy atom. The zero-order valence-electron chi connectivity index (χ0n) is 8.36. The average Bonchev–Trinajstić information content (AvgIpc) is 2.89. The summed E-state index contributed by atoms with van der Waals surface area (Å²) < 4.78 is 0. The molecule has 15 heavy (non-hydrogen) atoms. The first-order chi connectivity index (χ1) is 7.32. The van der Waals surface area contributed by atoms with Gasteiger partial charge in [-0.1, -0.05) is 24.3 Å². The second kappa shape index (κ2) is 2.21. The number of ketones is 1. The molecule has 2 aliphatic carbocycles. The third-order valence-electron chi connectivity index (χ3n) is 4.16. The molecule has 1 aliphatic heterocycles. The van der Waals surface area contributed by atoms with Crippen LogP contribution in [-0.4, -0.2) is 18.0 Å². The van der Waals surface area contributed by atoms with Crippen LogP contribution in [0.1, 0.15) is 28.8 Å². The molecule has 1 fully saturated rings. The highest BCUT2D eigenvalue weighted by molar-refractivity contribution is 6.20. The van der Waals surface area contributed by atoms with Crippen molar-refractivity contribution in [3.8, 4) is 0 Å². The lowest BCUT2D eigenvalue weighted by Crippen LogP contribution is -2.30. The van der Waals surface area contributed by atoms with Gasteiger partial charge >= 0.3 is 0 Å². The van der Waals surface area contributed by atoms with Crippen LogP contribution in [0.2, 0.25) is 0 Å². The van der Waals surface area contributed by atoms with E-state index in [-0.39, 0.29) is 11.2 Å². The number of hydrogen-bond acceptors (Lipinski definition) is 2. The second-order valence-electron chi connectivity index (χ2n) is 4.81. The van der Waals surface area contributed by atoms with Crippen LogP contribution in [0, 0.1) is 5.92 Å². The van der Waals surface area contributed by atoms with Gasteiger partial charge in [0.15, 0.2) is 5.78 Å². The fraction of sp³-hybridized carbons (Fsp3) is 0.385. The third-order valence-corrected chi connectivity index (χ3v) is 4.16. The molecular weight excluding hydrogens is 186 g/mol. The molecule has 2 nitrogen and oxygen atoms in total. The first kappa shape index (κ1) is 7.80. The number of benzene rings is 1. The van der Waals surface area contributed by atoms with E-state index < -0.39 is 0 Å². The summed E-state index contributed by atoms with van der Waals surface area (Å²) in [6.45, 7) is 0.941. The van der Waals surface area contributed by atoms with Gasteiger partial charge in [0.2, 0.25) is 0 Å². The minimum atomic E-state index is 0.199. The van der Waals surface area contributed by atoms with Gasteiger partial charge in [0.25, 0.3) is 0 Å². The molecule has 1 heterocycles.